The molecule has 0 aromatic carbocycles. The van der Waals surface area contributed by atoms with Gasteiger partial charge in [-0.2, -0.15) is 0 Å². The molecule has 0 saturated carbocycles. The largest absolute Gasteiger partial charge is 0.508 e. The quantitative estimate of drug-likeness (QED) is 0.129. The number of aliphatic hydroxyl groups is 2. The summed E-state index contributed by atoms with van der Waals surface area (Å²) in [6.07, 6.45) is 11.7. The van der Waals surface area contributed by atoms with Gasteiger partial charge in [0.2, 0.25) is 0 Å². The Kier molecular flexibility index (Phi) is 13.3. The fourth-order valence-electron chi connectivity index (χ4n) is 5.26. The first-order valence-corrected chi connectivity index (χ1v) is 15.5. The number of carbonyl (C=O) groups is 2. The molecule has 2 atom stereocenters. The summed E-state index contributed by atoms with van der Waals surface area (Å²) in [5.41, 5.74) is 2.83. The lowest BCUT2D eigenvalue weighted by Gasteiger charge is -2.35. The molecular formula is C38H58O6. The van der Waals surface area contributed by atoms with Gasteiger partial charge in [0.1, 0.15) is 24.7 Å². The SMILES string of the molecule is C=C.CC(C)(C)C1=CC(C=CC(=O)OCCOC(=O)C=CC2C=C(C(C)(C)C)C(O)=C(C(C)(C)C)C2)CC(C(C)(C)C)=C1O. The van der Waals surface area contributed by atoms with Crippen molar-refractivity contribution in [2.24, 2.45) is 33.5 Å². The molecule has 2 unspecified atom stereocenters. The summed E-state index contributed by atoms with van der Waals surface area (Å²) < 4.78 is 10.5. The normalized spacial score (nSPS) is 20.3. The van der Waals surface area contributed by atoms with Crippen LogP contribution in [0.2, 0.25) is 0 Å². The lowest BCUT2D eigenvalue weighted by Crippen LogP contribution is -2.24. The van der Waals surface area contributed by atoms with Crippen molar-refractivity contribution in [2.45, 2.75) is 95.9 Å². The maximum atomic E-state index is 12.4. The maximum Gasteiger partial charge on any atom is 0.330 e. The number of esters is 2. The van der Waals surface area contributed by atoms with Crippen molar-refractivity contribution in [3.63, 3.8) is 0 Å². The average Bonchev–Trinajstić information content (AvgIpc) is 2.88. The summed E-state index contributed by atoms with van der Waals surface area (Å²) in [6.45, 7) is 30.7. The number of hydrogen-bond donors (Lipinski definition) is 2. The van der Waals surface area contributed by atoms with Crippen LogP contribution in [-0.4, -0.2) is 35.4 Å². The van der Waals surface area contributed by atoms with Gasteiger partial charge >= 0.3 is 11.9 Å². The molecule has 6 heteroatoms. The first-order valence-electron chi connectivity index (χ1n) is 15.5. The summed E-state index contributed by atoms with van der Waals surface area (Å²) in [7, 11) is 0. The fraction of sp³-hybridized carbons (Fsp3) is 0.579. The number of allylic oxidation sites excluding steroid dienone is 8. The molecule has 0 saturated heterocycles. The summed E-state index contributed by atoms with van der Waals surface area (Å²) in [5, 5.41) is 21.9. The molecule has 0 aliphatic heterocycles. The average molecular weight is 611 g/mol. The van der Waals surface area contributed by atoms with E-state index < -0.39 is 11.9 Å². The van der Waals surface area contributed by atoms with Crippen LogP contribution in [0.1, 0.15) is 95.9 Å². The molecular weight excluding hydrogens is 552 g/mol. The van der Waals surface area contributed by atoms with Crippen LogP contribution in [0.15, 0.2) is 83.4 Å². The first kappa shape index (κ1) is 38.7. The number of ether oxygens (including phenoxy) is 2. The van der Waals surface area contributed by atoms with E-state index in [1.165, 1.54) is 12.2 Å². The third-order valence-electron chi connectivity index (χ3n) is 7.68. The van der Waals surface area contributed by atoms with Gasteiger partial charge in [-0.05, 0) is 68.6 Å². The highest BCUT2D eigenvalue weighted by molar-refractivity contribution is 5.82. The fourth-order valence-corrected chi connectivity index (χ4v) is 5.26. The van der Waals surface area contributed by atoms with Crippen LogP contribution in [0.4, 0.5) is 0 Å². The van der Waals surface area contributed by atoms with E-state index >= 15 is 0 Å². The molecule has 2 N–H and O–H groups in total. The third kappa shape index (κ3) is 11.3. The predicted octanol–water partition coefficient (Wildman–Crippen LogP) is 9.69. The van der Waals surface area contributed by atoms with E-state index in [1.54, 1.807) is 0 Å². The number of aliphatic hydroxyl groups excluding tert-OH is 2. The molecule has 2 aliphatic rings. The highest BCUT2D eigenvalue weighted by Gasteiger charge is 2.34. The molecule has 44 heavy (non-hydrogen) atoms. The predicted molar refractivity (Wildman–Crippen MR) is 181 cm³/mol. The topological polar surface area (TPSA) is 93.1 Å². The Hall–Kier alpha value is -3.28. The van der Waals surface area contributed by atoms with E-state index in [2.05, 4.69) is 96.2 Å². The summed E-state index contributed by atoms with van der Waals surface area (Å²) in [4.78, 5) is 24.7. The minimum absolute atomic E-state index is 0.0388. The summed E-state index contributed by atoms with van der Waals surface area (Å²) in [5.74, 6) is -0.377. The van der Waals surface area contributed by atoms with E-state index in [-0.39, 0.29) is 46.7 Å². The number of rotatable bonds is 7. The zero-order valence-corrected chi connectivity index (χ0v) is 29.4. The molecule has 0 bridgehead atoms. The Morgan fingerprint density at radius 2 is 0.955 bits per heavy atom. The molecule has 0 fully saturated rings. The van der Waals surface area contributed by atoms with Crippen molar-refractivity contribution in [1.29, 1.82) is 0 Å². The molecule has 2 rings (SSSR count). The Labute approximate surface area is 267 Å². The Morgan fingerprint density at radius 3 is 1.20 bits per heavy atom. The number of carbonyl (C=O) groups excluding carboxylic acids is 2. The van der Waals surface area contributed by atoms with Gasteiger partial charge in [-0.15, -0.1) is 13.2 Å². The van der Waals surface area contributed by atoms with E-state index in [9.17, 15) is 19.8 Å². The van der Waals surface area contributed by atoms with E-state index in [0.717, 1.165) is 22.3 Å². The van der Waals surface area contributed by atoms with Crippen molar-refractivity contribution in [2.75, 3.05) is 13.2 Å². The van der Waals surface area contributed by atoms with Crippen molar-refractivity contribution >= 4 is 11.9 Å². The standard InChI is InChI=1S/C36H54O6.C2H4/c1-33(2,3)25-19-23(20-26(31(25)39)34(4,5)6)13-15-29(37)41-17-18-42-30(38)16-14-24-21-27(35(7,8)9)32(40)28(22-24)36(10,11)12;1-2/h13-16,19,21,23-24,39-40H,17-18,20,22H2,1-12H3;1-2H2. The minimum atomic E-state index is -0.508. The van der Waals surface area contributed by atoms with E-state index in [0.29, 0.717) is 24.4 Å². The molecule has 0 heterocycles. The minimum Gasteiger partial charge on any atom is -0.508 e. The Bertz CT molecular complexity index is 1130. The molecule has 246 valence electrons. The highest BCUT2D eigenvalue weighted by Crippen LogP contribution is 2.45. The second-order valence-corrected chi connectivity index (χ2v) is 15.6. The second kappa shape index (κ2) is 15.1. The molecule has 0 aromatic rings. The highest BCUT2D eigenvalue weighted by atomic mass is 16.6. The first-order chi connectivity index (χ1) is 20.0. The van der Waals surface area contributed by atoms with E-state index in [1.807, 2.05) is 24.3 Å². The van der Waals surface area contributed by atoms with Crippen LogP contribution in [-0.2, 0) is 19.1 Å². The van der Waals surface area contributed by atoms with Gasteiger partial charge in [-0.25, -0.2) is 9.59 Å². The summed E-state index contributed by atoms with van der Waals surface area (Å²) >= 11 is 0. The van der Waals surface area contributed by atoms with Crippen LogP contribution in [0.5, 0.6) is 0 Å². The van der Waals surface area contributed by atoms with Gasteiger partial charge in [0.05, 0.1) is 0 Å². The van der Waals surface area contributed by atoms with Crippen LogP contribution in [0, 0.1) is 33.5 Å². The zero-order chi connectivity index (χ0) is 34.3. The maximum absolute atomic E-state index is 12.4. The van der Waals surface area contributed by atoms with Crippen LogP contribution >= 0.6 is 0 Å². The van der Waals surface area contributed by atoms with Gasteiger partial charge in [0, 0.05) is 12.2 Å². The van der Waals surface area contributed by atoms with Crippen molar-refractivity contribution in [3.8, 4) is 0 Å². The van der Waals surface area contributed by atoms with Crippen LogP contribution in [0.25, 0.3) is 0 Å². The lowest BCUT2D eigenvalue weighted by atomic mass is 9.71. The molecule has 0 aromatic heterocycles. The monoisotopic (exact) mass is 610 g/mol. The van der Waals surface area contributed by atoms with Crippen molar-refractivity contribution in [1.82, 2.24) is 0 Å². The lowest BCUT2D eigenvalue weighted by molar-refractivity contribution is -0.146. The van der Waals surface area contributed by atoms with Gasteiger partial charge in [-0.1, -0.05) is 107 Å². The zero-order valence-electron chi connectivity index (χ0n) is 29.4. The van der Waals surface area contributed by atoms with Gasteiger partial charge in [0.25, 0.3) is 0 Å². The van der Waals surface area contributed by atoms with Crippen LogP contribution < -0.4 is 0 Å². The van der Waals surface area contributed by atoms with Gasteiger partial charge < -0.3 is 19.7 Å². The molecule has 0 amide bonds. The molecule has 0 radical (unpaired) electrons. The Morgan fingerprint density at radius 1 is 0.659 bits per heavy atom. The van der Waals surface area contributed by atoms with Gasteiger partial charge in [0.15, 0.2) is 0 Å². The smallest absolute Gasteiger partial charge is 0.330 e. The third-order valence-corrected chi connectivity index (χ3v) is 7.68. The van der Waals surface area contributed by atoms with Crippen LogP contribution in [0.3, 0.4) is 0 Å². The molecule has 6 nitrogen and oxygen atoms in total. The Balaban J connectivity index is 0.00000474. The molecule has 0 spiro atoms. The molecule has 2 aliphatic carbocycles. The summed E-state index contributed by atoms with van der Waals surface area (Å²) in [6, 6.07) is 0. The van der Waals surface area contributed by atoms with E-state index in [4.69, 9.17) is 9.47 Å². The van der Waals surface area contributed by atoms with Crippen molar-refractivity contribution < 1.29 is 29.3 Å². The second-order valence-electron chi connectivity index (χ2n) is 15.6. The van der Waals surface area contributed by atoms with Crippen molar-refractivity contribution in [3.05, 3.63) is 83.4 Å². The van der Waals surface area contributed by atoms with Gasteiger partial charge in [-0.3, -0.25) is 0 Å². The number of hydrogen-bond acceptors (Lipinski definition) is 6.